The zero-order valence-corrected chi connectivity index (χ0v) is 12.8. The molecule has 0 fully saturated rings. The van der Waals surface area contributed by atoms with Crippen LogP contribution in [0.1, 0.15) is 19.5 Å². The Kier molecular flexibility index (Phi) is 4.92. The minimum Gasteiger partial charge on any atom is -0.377 e. The Morgan fingerprint density at radius 3 is 3.00 bits per heavy atom. The molecule has 0 saturated heterocycles. The van der Waals surface area contributed by atoms with Crippen LogP contribution in [0.3, 0.4) is 0 Å². The molecule has 106 valence electrons. The van der Waals surface area contributed by atoms with Gasteiger partial charge in [-0.1, -0.05) is 11.6 Å². The molecule has 1 amide bonds. The third-order valence-corrected chi connectivity index (χ3v) is 3.94. The highest BCUT2D eigenvalue weighted by atomic mass is 35.5. The number of thiazole rings is 1. The quantitative estimate of drug-likeness (QED) is 0.921. The molecule has 2 rings (SSSR count). The van der Waals surface area contributed by atoms with Crippen molar-refractivity contribution in [3.05, 3.63) is 34.6 Å². The molecular formula is C13H15ClN4OS. The highest BCUT2D eigenvalue weighted by Crippen LogP contribution is 2.23. The van der Waals surface area contributed by atoms with Gasteiger partial charge in [0.05, 0.1) is 29.1 Å². The maximum atomic E-state index is 11.5. The van der Waals surface area contributed by atoms with Crippen molar-refractivity contribution in [1.82, 2.24) is 9.97 Å². The molecule has 0 spiro atoms. The van der Waals surface area contributed by atoms with Gasteiger partial charge in [0, 0.05) is 25.0 Å². The number of hydrogen-bond acceptors (Lipinski definition) is 5. The van der Waals surface area contributed by atoms with E-state index < -0.39 is 0 Å². The summed E-state index contributed by atoms with van der Waals surface area (Å²) >= 11 is 7.49. The Labute approximate surface area is 126 Å². The van der Waals surface area contributed by atoms with E-state index in [2.05, 4.69) is 15.3 Å². The predicted octanol–water partition coefficient (Wildman–Crippen LogP) is 3.18. The van der Waals surface area contributed by atoms with Crippen molar-refractivity contribution in [2.24, 2.45) is 0 Å². The summed E-state index contributed by atoms with van der Waals surface area (Å²) in [6.45, 7) is 4.62. The number of carbonyl (C=O) groups is 1. The minimum absolute atomic E-state index is 0.00309. The fourth-order valence-electron chi connectivity index (χ4n) is 1.69. The van der Waals surface area contributed by atoms with Crippen LogP contribution in [0.5, 0.6) is 0 Å². The summed E-state index contributed by atoms with van der Waals surface area (Å²) in [5, 5.41) is 6.44. The number of rotatable bonds is 5. The summed E-state index contributed by atoms with van der Waals surface area (Å²) in [4.78, 5) is 21.6. The number of pyridine rings is 1. The molecule has 0 radical (unpaired) electrons. The van der Waals surface area contributed by atoms with E-state index in [0.29, 0.717) is 23.2 Å². The summed E-state index contributed by atoms with van der Waals surface area (Å²) in [5.74, 6) is -0.00309. The van der Waals surface area contributed by atoms with Crippen molar-refractivity contribution >= 4 is 39.7 Å². The first-order chi connectivity index (χ1) is 9.61. The lowest BCUT2D eigenvalue weighted by molar-refractivity contribution is -0.116. The number of carbonyl (C=O) groups excluding carboxylic acids is 1. The molecule has 1 N–H and O–H groups in total. The number of nitrogens with zero attached hydrogens (tertiary/aromatic N) is 3. The third-order valence-electron chi connectivity index (χ3n) is 2.69. The van der Waals surface area contributed by atoms with Crippen molar-refractivity contribution in [3.8, 4) is 0 Å². The minimum atomic E-state index is -0.00309. The molecule has 2 aromatic heterocycles. The number of halogens is 1. The normalized spacial score (nSPS) is 10.3. The molecule has 0 saturated carbocycles. The first-order valence-corrected chi connectivity index (χ1v) is 7.43. The highest BCUT2D eigenvalue weighted by molar-refractivity contribution is 7.14. The smallest absolute Gasteiger partial charge is 0.225 e. The predicted molar refractivity (Wildman–Crippen MR) is 82.4 cm³/mol. The SMILES string of the molecule is CCN(C(C)=O)c1nc(CNc2cnccc2Cl)cs1. The van der Waals surface area contributed by atoms with Gasteiger partial charge in [0.2, 0.25) is 5.91 Å². The topological polar surface area (TPSA) is 58.1 Å². The lowest BCUT2D eigenvalue weighted by Crippen LogP contribution is -2.27. The maximum absolute atomic E-state index is 11.5. The zero-order valence-electron chi connectivity index (χ0n) is 11.3. The van der Waals surface area contributed by atoms with Crippen LogP contribution in [0.4, 0.5) is 10.8 Å². The number of anilines is 2. The second kappa shape index (κ2) is 6.67. The second-order valence-electron chi connectivity index (χ2n) is 4.09. The summed E-state index contributed by atoms with van der Waals surface area (Å²) in [7, 11) is 0. The van der Waals surface area contributed by atoms with E-state index in [1.165, 1.54) is 18.3 Å². The molecule has 0 bridgehead atoms. The lowest BCUT2D eigenvalue weighted by Gasteiger charge is -2.14. The van der Waals surface area contributed by atoms with Crippen molar-refractivity contribution < 1.29 is 4.79 Å². The lowest BCUT2D eigenvalue weighted by atomic mass is 10.4. The fraction of sp³-hybridized carbons (Fsp3) is 0.308. The number of hydrogen-bond donors (Lipinski definition) is 1. The summed E-state index contributed by atoms with van der Waals surface area (Å²) in [5.41, 5.74) is 1.63. The average Bonchev–Trinajstić information content (AvgIpc) is 2.87. The van der Waals surface area contributed by atoms with Crippen molar-refractivity contribution in [3.63, 3.8) is 0 Å². The molecule has 7 heteroatoms. The van der Waals surface area contributed by atoms with Crippen molar-refractivity contribution in [2.75, 3.05) is 16.8 Å². The Morgan fingerprint density at radius 1 is 1.55 bits per heavy atom. The third kappa shape index (κ3) is 3.46. The van der Waals surface area contributed by atoms with Gasteiger partial charge in [0.1, 0.15) is 0 Å². The van der Waals surface area contributed by atoms with Crippen LogP contribution < -0.4 is 10.2 Å². The van der Waals surface area contributed by atoms with Crippen molar-refractivity contribution in [2.45, 2.75) is 20.4 Å². The molecule has 2 heterocycles. The number of aromatic nitrogens is 2. The van der Waals surface area contributed by atoms with Crippen LogP contribution >= 0.6 is 22.9 Å². The molecule has 0 aliphatic rings. The van der Waals surface area contributed by atoms with Gasteiger partial charge in [-0.2, -0.15) is 0 Å². The van der Waals surface area contributed by atoms with Gasteiger partial charge < -0.3 is 5.32 Å². The van der Waals surface area contributed by atoms with Crippen LogP contribution in [0.15, 0.2) is 23.8 Å². The molecule has 0 aliphatic heterocycles. The first kappa shape index (κ1) is 14.7. The molecule has 0 aromatic carbocycles. The van der Waals surface area contributed by atoms with Gasteiger partial charge in [-0.3, -0.25) is 14.7 Å². The standard InChI is InChI=1S/C13H15ClN4OS/c1-3-18(9(2)19)13-17-10(8-20-13)6-16-12-7-15-5-4-11(12)14/h4-5,7-8,16H,3,6H2,1-2H3. The van der Waals surface area contributed by atoms with E-state index in [9.17, 15) is 4.79 Å². The zero-order chi connectivity index (χ0) is 14.5. The molecule has 5 nitrogen and oxygen atoms in total. The largest absolute Gasteiger partial charge is 0.377 e. The van der Waals surface area contributed by atoms with E-state index >= 15 is 0 Å². The molecule has 2 aromatic rings. The fourth-order valence-corrected chi connectivity index (χ4v) is 2.79. The summed E-state index contributed by atoms with van der Waals surface area (Å²) < 4.78 is 0. The van der Waals surface area contributed by atoms with Crippen LogP contribution in [0, 0.1) is 0 Å². The van der Waals surface area contributed by atoms with Crippen LogP contribution in [0.25, 0.3) is 0 Å². The van der Waals surface area contributed by atoms with Gasteiger partial charge in [-0.05, 0) is 13.0 Å². The Balaban J connectivity index is 2.03. The van der Waals surface area contributed by atoms with Crippen LogP contribution in [0.2, 0.25) is 5.02 Å². The molecule has 0 atom stereocenters. The van der Waals surface area contributed by atoms with Gasteiger partial charge in [-0.15, -0.1) is 11.3 Å². The monoisotopic (exact) mass is 310 g/mol. The van der Waals surface area contributed by atoms with Gasteiger partial charge >= 0.3 is 0 Å². The van der Waals surface area contributed by atoms with Crippen LogP contribution in [-0.4, -0.2) is 22.4 Å². The van der Waals surface area contributed by atoms with E-state index in [1.807, 2.05) is 12.3 Å². The number of amides is 1. The molecule has 20 heavy (non-hydrogen) atoms. The van der Waals surface area contributed by atoms with Gasteiger partial charge in [0.25, 0.3) is 0 Å². The van der Waals surface area contributed by atoms with Gasteiger partial charge in [0.15, 0.2) is 5.13 Å². The summed E-state index contributed by atoms with van der Waals surface area (Å²) in [6.07, 6.45) is 3.31. The molecule has 0 unspecified atom stereocenters. The van der Waals surface area contributed by atoms with Crippen molar-refractivity contribution in [1.29, 1.82) is 0 Å². The Bertz CT molecular complexity index is 602. The second-order valence-corrected chi connectivity index (χ2v) is 5.34. The van der Waals surface area contributed by atoms with E-state index in [0.717, 1.165) is 11.4 Å². The highest BCUT2D eigenvalue weighted by Gasteiger charge is 2.13. The molecular weight excluding hydrogens is 296 g/mol. The van der Waals surface area contributed by atoms with E-state index in [1.54, 1.807) is 23.4 Å². The maximum Gasteiger partial charge on any atom is 0.225 e. The van der Waals surface area contributed by atoms with E-state index in [4.69, 9.17) is 11.6 Å². The Hall–Kier alpha value is -1.66. The number of nitrogens with one attached hydrogen (secondary N) is 1. The van der Waals surface area contributed by atoms with Gasteiger partial charge in [-0.25, -0.2) is 4.98 Å². The first-order valence-electron chi connectivity index (χ1n) is 6.17. The molecule has 0 aliphatic carbocycles. The van der Waals surface area contributed by atoms with E-state index in [-0.39, 0.29) is 5.91 Å². The van der Waals surface area contributed by atoms with Crippen LogP contribution in [-0.2, 0) is 11.3 Å². The summed E-state index contributed by atoms with van der Waals surface area (Å²) in [6, 6.07) is 1.73. The average molecular weight is 311 g/mol. The Morgan fingerprint density at radius 2 is 2.35 bits per heavy atom.